The summed E-state index contributed by atoms with van der Waals surface area (Å²) < 4.78 is 5.11. The summed E-state index contributed by atoms with van der Waals surface area (Å²) in [6.07, 6.45) is 2.58. The minimum atomic E-state index is -0.195. The number of methoxy groups -OCH3 is 1. The lowest BCUT2D eigenvalue weighted by Crippen LogP contribution is -2.37. The molecule has 7 heteroatoms. The molecule has 154 valence electrons. The molecule has 0 saturated carbocycles. The molecular weight excluding hydrogens is 368 g/mol. The van der Waals surface area contributed by atoms with Crippen molar-refractivity contribution < 1.29 is 14.3 Å². The van der Waals surface area contributed by atoms with Crippen LogP contribution in [0.15, 0.2) is 42.6 Å². The van der Waals surface area contributed by atoms with Crippen LogP contribution in [0.5, 0.6) is 5.75 Å². The molecule has 0 spiro atoms. The number of hydrogen-bond donors (Lipinski definition) is 1. The Morgan fingerprint density at radius 3 is 2.41 bits per heavy atom. The summed E-state index contributed by atoms with van der Waals surface area (Å²) in [6.45, 7) is 6.96. The minimum absolute atomic E-state index is 0.0215. The van der Waals surface area contributed by atoms with E-state index in [1.165, 1.54) is 0 Å². The largest absolute Gasteiger partial charge is 0.497 e. The first-order valence-electron chi connectivity index (χ1n) is 9.93. The summed E-state index contributed by atoms with van der Waals surface area (Å²) >= 11 is 0. The Bertz CT molecular complexity index is 834. The molecule has 3 rings (SSSR count). The fourth-order valence-corrected chi connectivity index (χ4v) is 3.32. The number of pyridine rings is 1. The Balaban J connectivity index is 1.59. The van der Waals surface area contributed by atoms with Gasteiger partial charge in [0, 0.05) is 37.7 Å². The maximum Gasteiger partial charge on any atom is 0.255 e. The number of nitrogens with zero attached hydrogens (tertiary/aromatic N) is 3. The fourth-order valence-electron chi connectivity index (χ4n) is 3.32. The first-order chi connectivity index (χ1) is 14.0. The highest BCUT2D eigenvalue weighted by molar-refractivity contribution is 6.04. The second-order valence-corrected chi connectivity index (χ2v) is 7.41. The molecular formula is C22H28N4O3. The molecule has 0 atom stereocenters. The van der Waals surface area contributed by atoms with Crippen LogP contribution in [-0.2, 0) is 4.79 Å². The molecule has 1 aliphatic rings. The Labute approximate surface area is 171 Å². The van der Waals surface area contributed by atoms with Crippen LogP contribution in [0.25, 0.3) is 0 Å². The fraction of sp³-hybridized carbons (Fsp3) is 0.409. The van der Waals surface area contributed by atoms with Gasteiger partial charge in [-0.3, -0.25) is 9.59 Å². The van der Waals surface area contributed by atoms with Gasteiger partial charge in [-0.15, -0.1) is 0 Å². The van der Waals surface area contributed by atoms with E-state index < -0.39 is 0 Å². The molecule has 2 heterocycles. The van der Waals surface area contributed by atoms with E-state index in [-0.39, 0.29) is 17.7 Å². The summed E-state index contributed by atoms with van der Waals surface area (Å²) in [5, 5.41) is 2.86. The number of benzene rings is 1. The van der Waals surface area contributed by atoms with E-state index in [0.717, 1.165) is 31.9 Å². The van der Waals surface area contributed by atoms with Crippen molar-refractivity contribution >= 4 is 23.3 Å². The number of carbonyl (C=O) groups is 2. The number of hydrogen-bond acceptors (Lipinski definition) is 5. The van der Waals surface area contributed by atoms with Crippen LogP contribution in [0, 0.1) is 5.92 Å². The number of nitrogens with one attached hydrogen (secondary N) is 1. The average molecular weight is 396 g/mol. The summed E-state index contributed by atoms with van der Waals surface area (Å²) in [5.41, 5.74) is 1.19. The van der Waals surface area contributed by atoms with Crippen molar-refractivity contribution in [3.05, 3.63) is 48.2 Å². The van der Waals surface area contributed by atoms with Gasteiger partial charge < -0.3 is 19.9 Å². The normalized spacial score (nSPS) is 14.5. The SMILES string of the molecule is COc1ccc(C(=O)Nc2ccc(N3CCCN(C(=O)C(C)C)CC3)nc2)cc1. The number of carbonyl (C=O) groups excluding carboxylic acids is 2. The molecule has 2 aromatic rings. The number of aromatic nitrogens is 1. The van der Waals surface area contributed by atoms with Crippen molar-refractivity contribution in [2.24, 2.45) is 5.92 Å². The number of anilines is 2. The van der Waals surface area contributed by atoms with Gasteiger partial charge in [-0.05, 0) is 42.8 Å². The van der Waals surface area contributed by atoms with Gasteiger partial charge >= 0.3 is 0 Å². The second-order valence-electron chi connectivity index (χ2n) is 7.41. The molecule has 1 aromatic heterocycles. The predicted molar refractivity (Wildman–Crippen MR) is 113 cm³/mol. The molecule has 0 bridgehead atoms. The zero-order chi connectivity index (χ0) is 20.8. The van der Waals surface area contributed by atoms with Crippen molar-refractivity contribution in [3.8, 4) is 5.75 Å². The van der Waals surface area contributed by atoms with E-state index in [2.05, 4.69) is 15.2 Å². The molecule has 2 amide bonds. The van der Waals surface area contributed by atoms with E-state index in [1.54, 1.807) is 37.6 Å². The van der Waals surface area contributed by atoms with E-state index >= 15 is 0 Å². The number of rotatable bonds is 5. The van der Waals surface area contributed by atoms with Crippen LogP contribution in [0.1, 0.15) is 30.6 Å². The van der Waals surface area contributed by atoms with Crippen LogP contribution in [0.4, 0.5) is 11.5 Å². The lowest BCUT2D eigenvalue weighted by Gasteiger charge is -2.24. The molecule has 0 radical (unpaired) electrons. The van der Waals surface area contributed by atoms with Crippen LogP contribution >= 0.6 is 0 Å². The predicted octanol–water partition coefficient (Wildman–Crippen LogP) is 3.04. The topological polar surface area (TPSA) is 74.8 Å². The molecule has 0 aliphatic carbocycles. The van der Waals surface area contributed by atoms with Gasteiger partial charge in [0.15, 0.2) is 0 Å². The monoisotopic (exact) mass is 396 g/mol. The van der Waals surface area contributed by atoms with Crippen molar-refractivity contribution in [2.75, 3.05) is 43.5 Å². The smallest absolute Gasteiger partial charge is 0.255 e. The van der Waals surface area contributed by atoms with Gasteiger partial charge in [-0.1, -0.05) is 13.8 Å². The Kier molecular flexibility index (Phi) is 6.69. The Hall–Kier alpha value is -3.09. The maximum absolute atomic E-state index is 12.4. The average Bonchev–Trinajstić information content (AvgIpc) is 3.00. The van der Waals surface area contributed by atoms with Gasteiger partial charge in [0.25, 0.3) is 5.91 Å². The van der Waals surface area contributed by atoms with E-state index in [4.69, 9.17) is 4.74 Å². The first-order valence-corrected chi connectivity index (χ1v) is 9.93. The third-order valence-corrected chi connectivity index (χ3v) is 4.98. The molecule has 1 aromatic carbocycles. The standard InChI is InChI=1S/C22H28N4O3/c1-16(2)22(28)26-12-4-11-25(13-14-26)20-10-7-18(15-23-20)24-21(27)17-5-8-19(29-3)9-6-17/h5-10,15-16H,4,11-14H2,1-3H3,(H,24,27). The highest BCUT2D eigenvalue weighted by Gasteiger charge is 2.21. The van der Waals surface area contributed by atoms with Crippen LogP contribution < -0.4 is 15.0 Å². The van der Waals surface area contributed by atoms with Crippen molar-refractivity contribution in [1.29, 1.82) is 0 Å². The molecule has 1 saturated heterocycles. The second kappa shape index (κ2) is 9.41. The number of ether oxygens (including phenoxy) is 1. The molecule has 29 heavy (non-hydrogen) atoms. The molecule has 7 nitrogen and oxygen atoms in total. The minimum Gasteiger partial charge on any atom is -0.497 e. The molecule has 1 N–H and O–H groups in total. The van der Waals surface area contributed by atoms with E-state index in [0.29, 0.717) is 23.5 Å². The van der Waals surface area contributed by atoms with Gasteiger partial charge in [-0.25, -0.2) is 4.98 Å². The highest BCUT2D eigenvalue weighted by Crippen LogP contribution is 2.18. The zero-order valence-electron chi connectivity index (χ0n) is 17.2. The van der Waals surface area contributed by atoms with Crippen LogP contribution in [0.3, 0.4) is 0 Å². The van der Waals surface area contributed by atoms with E-state index in [9.17, 15) is 9.59 Å². The third kappa shape index (κ3) is 5.25. The van der Waals surface area contributed by atoms with Crippen LogP contribution in [-0.4, -0.2) is 55.0 Å². The lowest BCUT2D eigenvalue weighted by atomic mass is 10.2. The summed E-state index contributed by atoms with van der Waals surface area (Å²) in [6, 6.07) is 10.7. The zero-order valence-corrected chi connectivity index (χ0v) is 17.2. The maximum atomic E-state index is 12.4. The van der Waals surface area contributed by atoms with Crippen molar-refractivity contribution in [3.63, 3.8) is 0 Å². The summed E-state index contributed by atoms with van der Waals surface area (Å²) in [5.74, 6) is 1.59. The highest BCUT2D eigenvalue weighted by atomic mass is 16.5. The molecule has 1 fully saturated rings. The Morgan fingerprint density at radius 2 is 1.79 bits per heavy atom. The number of amides is 2. The summed E-state index contributed by atoms with van der Waals surface area (Å²) in [4.78, 5) is 33.2. The lowest BCUT2D eigenvalue weighted by molar-refractivity contribution is -0.134. The van der Waals surface area contributed by atoms with Crippen LogP contribution in [0.2, 0.25) is 0 Å². The first kappa shape index (κ1) is 20.6. The quantitative estimate of drug-likeness (QED) is 0.841. The van der Waals surface area contributed by atoms with Gasteiger partial charge in [0.2, 0.25) is 5.91 Å². The Morgan fingerprint density at radius 1 is 1.03 bits per heavy atom. The van der Waals surface area contributed by atoms with Crippen molar-refractivity contribution in [1.82, 2.24) is 9.88 Å². The molecule has 0 unspecified atom stereocenters. The molecule has 1 aliphatic heterocycles. The van der Waals surface area contributed by atoms with Gasteiger partial charge in [0.05, 0.1) is 19.0 Å². The van der Waals surface area contributed by atoms with Gasteiger partial charge in [0.1, 0.15) is 11.6 Å². The van der Waals surface area contributed by atoms with Gasteiger partial charge in [-0.2, -0.15) is 0 Å². The third-order valence-electron chi connectivity index (χ3n) is 4.98. The summed E-state index contributed by atoms with van der Waals surface area (Å²) in [7, 11) is 1.59. The van der Waals surface area contributed by atoms with Crippen molar-refractivity contribution in [2.45, 2.75) is 20.3 Å². The van der Waals surface area contributed by atoms with E-state index in [1.807, 2.05) is 30.9 Å².